The molecule has 2 rings (SSSR count). The van der Waals surface area contributed by atoms with Crippen LogP contribution in [0.1, 0.15) is 31.8 Å². The number of benzene rings is 2. The molecule has 0 radical (unpaired) electrons. The Morgan fingerprint density at radius 1 is 0.750 bits per heavy atom. The molecule has 0 N–H and O–H groups in total. The first-order chi connectivity index (χ1) is 11.3. The highest BCUT2D eigenvalue weighted by atomic mass is 79.9. The maximum absolute atomic E-state index is 12.3. The molecule has 6 heteroatoms. The number of carbonyl (C=O) groups excluding carboxylic acids is 2. The Kier molecular flexibility index (Phi) is 5.83. The lowest BCUT2D eigenvalue weighted by Gasteiger charge is -2.18. The molecule has 0 fully saturated rings. The molecule has 0 saturated heterocycles. The summed E-state index contributed by atoms with van der Waals surface area (Å²) in [6.45, 7) is 3.77. The van der Waals surface area contributed by atoms with Crippen molar-refractivity contribution in [3.8, 4) is 11.1 Å². The number of carbonyl (C=O) groups is 2. The largest absolute Gasteiger partial charge is 0.465 e. The Labute approximate surface area is 157 Å². The van der Waals surface area contributed by atoms with Crippen LogP contribution in [0.5, 0.6) is 0 Å². The summed E-state index contributed by atoms with van der Waals surface area (Å²) in [6.07, 6.45) is 0. The van der Waals surface area contributed by atoms with Crippen molar-refractivity contribution < 1.29 is 19.1 Å². The zero-order valence-electron chi connectivity index (χ0n) is 13.7. The van der Waals surface area contributed by atoms with Crippen LogP contribution in [0.15, 0.2) is 33.2 Å². The third-order valence-corrected chi connectivity index (χ3v) is 4.58. The normalized spacial score (nSPS) is 10.4. The molecule has 126 valence electrons. The molecular weight excluding hydrogens is 440 g/mol. The molecule has 24 heavy (non-hydrogen) atoms. The Morgan fingerprint density at radius 2 is 1.08 bits per heavy atom. The van der Waals surface area contributed by atoms with Crippen molar-refractivity contribution in [2.75, 3.05) is 14.2 Å². The van der Waals surface area contributed by atoms with Gasteiger partial charge in [0.1, 0.15) is 0 Å². The molecule has 0 amide bonds. The second kappa shape index (κ2) is 7.49. The van der Waals surface area contributed by atoms with E-state index < -0.39 is 11.9 Å². The molecule has 0 spiro atoms. The van der Waals surface area contributed by atoms with Gasteiger partial charge < -0.3 is 9.47 Å². The number of hydrogen-bond acceptors (Lipinski definition) is 4. The van der Waals surface area contributed by atoms with Crippen LogP contribution in [0.3, 0.4) is 0 Å². The molecule has 0 bridgehead atoms. The van der Waals surface area contributed by atoms with Gasteiger partial charge >= 0.3 is 11.9 Å². The summed E-state index contributed by atoms with van der Waals surface area (Å²) >= 11 is 6.80. The maximum Gasteiger partial charge on any atom is 0.338 e. The molecule has 0 heterocycles. The second-order valence-electron chi connectivity index (χ2n) is 5.27. The summed E-state index contributed by atoms with van der Waals surface area (Å²) in [5.41, 5.74) is 3.80. The summed E-state index contributed by atoms with van der Waals surface area (Å²) in [5.74, 6) is -0.930. The highest BCUT2D eigenvalue weighted by Crippen LogP contribution is 2.37. The van der Waals surface area contributed by atoms with E-state index in [9.17, 15) is 9.59 Å². The topological polar surface area (TPSA) is 52.6 Å². The van der Waals surface area contributed by atoms with E-state index >= 15 is 0 Å². The average Bonchev–Trinajstić information content (AvgIpc) is 2.53. The van der Waals surface area contributed by atoms with Crippen molar-refractivity contribution >= 4 is 43.8 Å². The number of hydrogen-bond donors (Lipinski definition) is 0. The van der Waals surface area contributed by atoms with E-state index in [1.165, 1.54) is 14.2 Å². The highest BCUT2D eigenvalue weighted by molar-refractivity contribution is 9.10. The van der Waals surface area contributed by atoms with Crippen molar-refractivity contribution in [3.05, 3.63) is 55.5 Å². The first-order valence-electron chi connectivity index (χ1n) is 7.07. The van der Waals surface area contributed by atoms with Gasteiger partial charge in [-0.3, -0.25) is 0 Å². The van der Waals surface area contributed by atoms with Crippen LogP contribution >= 0.6 is 31.9 Å². The van der Waals surface area contributed by atoms with Crippen molar-refractivity contribution in [2.24, 2.45) is 0 Å². The van der Waals surface area contributed by atoms with Crippen LogP contribution in [0, 0.1) is 13.8 Å². The molecule has 0 unspecified atom stereocenters. The molecule has 0 aliphatic heterocycles. The van der Waals surface area contributed by atoms with Gasteiger partial charge in [0.15, 0.2) is 0 Å². The molecule has 4 nitrogen and oxygen atoms in total. The molecule has 0 aliphatic carbocycles. The quantitative estimate of drug-likeness (QED) is 0.606. The second-order valence-corrected chi connectivity index (χ2v) is 7.11. The maximum atomic E-state index is 12.3. The van der Waals surface area contributed by atoms with Gasteiger partial charge in [-0.1, -0.05) is 31.9 Å². The Morgan fingerprint density at radius 3 is 1.38 bits per heavy atom. The van der Waals surface area contributed by atoms with Crippen molar-refractivity contribution in [1.82, 2.24) is 0 Å². The average molecular weight is 456 g/mol. The van der Waals surface area contributed by atoms with E-state index in [4.69, 9.17) is 9.47 Å². The molecule has 0 aromatic heterocycles. The van der Waals surface area contributed by atoms with Crippen molar-refractivity contribution in [2.45, 2.75) is 13.8 Å². The lowest BCUT2D eigenvalue weighted by atomic mass is 9.88. The van der Waals surface area contributed by atoms with Gasteiger partial charge in [0.2, 0.25) is 0 Å². The molecule has 2 aromatic carbocycles. The van der Waals surface area contributed by atoms with E-state index in [0.717, 1.165) is 20.1 Å². The summed E-state index contributed by atoms with van der Waals surface area (Å²) in [6, 6.07) is 7.17. The lowest BCUT2D eigenvalue weighted by Crippen LogP contribution is -2.10. The third kappa shape index (κ3) is 3.54. The predicted octanol–water partition coefficient (Wildman–Crippen LogP) is 5.07. The fraction of sp³-hybridized carbons (Fsp3) is 0.222. The minimum absolute atomic E-state index is 0.389. The van der Waals surface area contributed by atoms with Gasteiger partial charge in [-0.15, -0.1) is 0 Å². The number of esters is 2. The van der Waals surface area contributed by atoms with E-state index in [0.29, 0.717) is 22.3 Å². The number of ether oxygens (including phenoxy) is 2. The Bertz CT molecular complexity index is 759. The van der Waals surface area contributed by atoms with Gasteiger partial charge in [-0.25, -0.2) is 9.59 Å². The molecule has 2 aromatic rings. The van der Waals surface area contributed by atoms with Crippen LogP contribution in [0.2, 0.25) is 0 Å². The predicted molar refractivity (Wildman–Crippen MR) is 99.4 cm³/mol. The van der Waals surface area contributed by atoms with Crippen molar-refractivity contribution in [1.29, 1.82) is 0 Å². The SMILES string of the molecule is COC(=O)c1cc(Br)cc(C)c1-c1c(C)cc(Br)cc1C(=O)OC. The van der Waals surface area contributed by atoms with Crippen LogP contribution in [0.4, 0.5) is 0 Å². The van der Waals surface area contributed by atoms with Gasteiger partial charge in [-0.2, -0.15) is 0 Å². The summed E-state index contributed by atoms with van der Waals surface area (Å²) in [4.78, 5) is 24.5. The summed E-state index contributed by atoms with van der Waals surface area (Å²) in [7, 11) is 2.66. The number of methoxy groups -OCH3 is 2. The third-order valence-electron chi connectivity index (χ3n) is 3.66. The van der Waals surface area contributed by atoms with Crippen LogP contribution < -0.4 is 0 Å². The molecule has 0 atom stereocenters. The number of rotatable bonds is 3. The van der Waals surface area contributed by atoms with E-state index in [1.807, 2.05) is 26.0 Å². The van der Waals surface area contributed by atoms with E-state index in [-0.39, 0.29) is 0 Å². The van der Waals surface area contributed by atoms with Crippen molar-refractivity contribution in [3.63, 3.8) is 0 Å². The molecule has 0 aliphatic rings. The van der Waals surface area contributed by atoms with Gasteiger partial charge in [0, 0.05) is 20.1 Å². The standard InChI is InChI=1S/C18H16Br2O4/c1-9-5-11(19)7-13(17(21)23-3)15(9)16-10(2)6-12(20)8-14(16)18(22)24-4/h5-8H,1-4H3. The van der Waals surface area contributed by atoms with Gasteiger partial charge in [0.05, 0.1) is 25.3 Å². The summed E-state index contributed by atoms with van der Waals surface area (Å²) in [5, 5.41) is 0. The lowest BCUT2D eigenvalue weighted by molar-refractivity contribution is 0.0590. The minimum atomic E-state index is -0.465. The fourth-order valence-electron chi connectivity index (χ4n) is 2.69. The zero-order valence-corrected chi connectivity index (χ0v) is 16.9. The Balaban J connectivity index is 2.91. The smallest absolute Gasteiger partial charge is 0.338 e. The Hall–Kier alpha value is -1.66. The van der Waals surface area contributed by atoms with Gasteiger partial charge in [0.25, 0.3) is 0 Å². The summed E-state index contributed by atoms with van der Waals surface area (Å²) < 4.78 is 11.4. The number of halogens is 2. The van der Waals surface area contributed by atoms with E-state index in [1.54, 1.807) is 12.1 Å². The molecule has 0 saturated carbocycles. The van der Waals surface area contributed by atoms with Gasteiger partial charge in [-0.05, 0) is 49.2 Å². The van der Waals surface area contributed by atoms with Crippen LogP contribution in [-0.2, 0) is 9.47 Å². The highest BCUT2D eigenvalue weighted by Gasteiger charge is 2.24. The zero-order chi connectivity index (χ0) is 18.0. The monoisotopic (exact) mass is 454 g/mol. The van der Waals surface area contributed by atoms with Crippen LogP contribution in [0.25, 0.3) is 11.1 Å². The van der Waals surface area contributed by atoms with Crippen LogP contribution in [-0.4, -0.2) is 26.2 Å². The minimum Gasteiger partial charge on any atom is -0.465 e. The number of aryl methyl sites for hydroxylation is 2. The molecular formula is C18H16Br2O4. The first-order valence-corrected chi connectivity index (χ1v) is 8.66. The first kappa shape index (κ1) is 18.7. The fourth-order valence-corrected chi connectivity index (χ4v) is 3.84. The van der Waals surface area contributed by atoms with E-state index in [2.05, 4.69) is 31.9 Å².